The number of nitrogens with zero attached hydrogens (tertiary/aromatic N) is 2. The van der Waals surface area contributed by atoms with Crippen LogP contribution in [0.2, 0.25) is 5.02 Å². The molecule has 0 aliphatic rings. The van der Waals surface area contributed by atoms with Gasteiger partial charge in [-0.15, -0.1) is 0 Å². The minimum absolute atomic E-state index is 0.151. The van der Waals surface area contributed by atoms with Gasteiger partial charge in [0, 0.05) is 11.8 Å². The molecule has 1 N–H and O–H groups in total. The summed E-state index contributed by atoms with van der Waals surface area (Å²) in [7, 11) is 0. The summed E-state index contributed by atoms with van der Waals surface area (Å²) in [6.07, 6.45) is 1.48. The van der Waals surface area contributed by atoms with Gasteiger partial charge in [0.15, 0.2) is 0 Å². The van der Waals surface area contributed by atoms with E-state index in [1.54, 1.807) is 31.2 Å². The number of aromatic nitrogens is 2. The van der Waals surface area contributed by atoms with E-state index in [0.29, 0.717) is 21.9 Å². The van der Waals surface area contributed by atoms with Crippen LogP contribution in [0, 0.1) is 13.8 Å². The number of hydrogen-bond acceptors (Lipinski definition) is 3. The molecule has 2 aromatic heterocycles. The van der Waals surface area contributed by atoms with Gasteiger partial charge < -0.3 is 5.32 Å². The number of benzene rings is 1. The molecule has 0 saturated carbocycles. The lowest BCUT2D eigenvalue weighted by molar-refractivity contribution is 0.102. The van der Waals surface area contributed by atoms with E-state index in [9.17, 15) is 9.59 Å². The predicted molar refractivity (Wildman–Crippen MR) is 90.3 cm³/mol. The monoisotopic (exact) mass is 327 g/mol. The molecule has 116 valence electrons. The van der Waals surface area contributed by atoms with Crippen molar-refractivity contribution in [2.24, 2.45) is 0 Å². The summed E-state index contributed by atoms with van der Waals surface area (Å²) in [6.45, 7) is 3.52. The van der Waals surface area contributed by atoms with Crippen LogP contribution >= 0.6 is 11.6 Å². The van der Waals surface area contributed by atoms with Gasteiger partial charge in [0.1, 0.15) is 11.3 Å². The SMILES string of the molecule is Cc1ccccc1C(=O)Nc1c(C)nc2ccc(Cl)cn2c1=O. The van der Waals surface area contributed by atoms with Gasteiger partial charge in [0.05, 0.1) is 10.7 Å². The van der Waals surface area contributed by atoms with Crippen molar-refractivity contribution in [3.05, 3.63) is 74.8 Å². The summed E-state index contributed by atoms with van der Waals surface area (Å²) in [4.78, 5) is 29.4. The van der Waals surface area contributed by atoms with Gasteiger partial charge in [-0.1, -0.05) is 29.8 Å². The molecule has 5 nitrogen and oxygen atoms in total. The van der Waals surface area contributed by atoms with E-state index in [2.05, 4.69) is 10.3 Å². The van der Waals surface area contributed by atoms with Gasteiger partial charge in [0.2, 0.25) is 0 Å². The summed E-state index contributed by atoms with van der Waals surface area (Å²) in [5, 5.41) is 3.09. The molecular weight excluding hydrogens is 314 g/mol. The molecule has 0 saturated heterocycles. The fraction of sp³-hybridized carbons (Fsp3) is 0.118. The van der Waals surface area contributed by atoms with Gasteiger partial charge in [-0.05, 0) is 37.6 Å². The number of nitrogens with one attached hydrogen (secondary N) is 1. The van der Waals surface area contributed by atoms with Crippen molar-refractivity contribution in [2.45, 2.75) is 13.8 Å². The number of carbonyl (C=O) groups excluding carboxylic acids is 1. The Kier molecular flexibility index (Phi) is 3.88. The lowest BCUT2D eigenvalue weighted by Crippen LogP contribution is -2.25. The summed E-state index contributed by atoms with van der Waals surface area (Å²) < 4.78 is 1.32. The van der Waals surface area contributed by atoms with Crippen LogP contribution in [0.5, 0.6) is 0 Å². The van der Waals surface area contributed by atoms with Crippen molar-refractivity contribution in [3.63, 3.8) is 0 Å². The van der Waals surface area contributed by atoms with Crippen LogP contribution in [0.4, 0.5) is 5.69 Å². The summed E-state index contributed by atoms with van der Waals surface area (Å²) in [5.41, 5.74) is 2.07. The van der Waals surface area contributed by atoms with E-state index < -0.39 is 0 Å². The Morgan fingerprint density at radius 2 is 1.91 bits per heavy atom. The maximum atomic E-state index is 12.6. The maximum absolute atomic E-state index is 12.6. The first-order valence-corrected chi connectivity index (χ1v) is 7.40. The standard InChI is InChI=1S/C17H14ClN3O2/c1-10-5-3-4-6-13(10)16(22)20-15-11(2)19-14-8-7-12(18)9-21(14)17(15)23/h3-9H,1-2H3,(H,20,22). The lowest BCUT2D eigenvalue weighted by Gasteiger charge is -2.11. The quantitative estimate of drug-likeness (QED) is 0.786. The van der Waals surface area contributed by atoms with E-state index in [4.69, 9.17) is 11.6 Å². The number of aryl methyl sites for hydroxylation is 2. The largest absolute Gasteiger partial charge is 0.316 e. The summed E-state index contributed by atoms with van der Waals surface area (Å²) in [5.74, 6) is -0.341. The molecule has 1 amide bonds. The van der Waals surface area contributed by atoms with Crippen LogP contribution in [0.15, 0.2) is 47.4 Å². The van der Waals surface area contributed by atoms with Crippen molar-refractivity contribution in [2.75, 3.05) is 5.32 Å². The Bertz CT molecular complexity index is 979. The summed E-state index contributed by atoms with van der Waals surface area (Å²) >= 11 is 5.93. The van der Waals surface area contributed by atoms with Crippen molar-refractivity contribution >= 4 is 28.8 Å². The topological polar surface area (TPSA) is 63.5 Å². The first-order chi connectivity index (χ1) is 11.0. The van der Waals surface area contributed by atoms with E-state index in [0.717, 1.165) is 5.56 Å². The molecule has 0 unspecified atom stereocenters. The van der Waals surface area contributed by atoms with Crippen LogP contribution in [-0.2, 0) is 0 Å². The second-order valence-electron chi connectivity index (χ2n) is 5.22. The highest BCUT2D eigenvalue weighted by atomic mass is 35.5. The first kappa shape index (κ1) is 15.2. The summed E-state index contributed by atoms with van der Waals surface area (Å²) in [6, 6.07) is 10.5. The van der Waals surface area contributed by atoms with Crippen LogP contribution in [0.1, 0.15) is 21.6 Å². The Hall–Kier alpha value is -2.66. The molecule has 23 heavy (non-hydrogen) atoms. The third-order valence-corrected chi connectivity index (χ3v) is 3.82. The van der Waals surface area contributed by atoms with Gasteiger partial charge in [-0.3, -0.25) is 14.0 Å². The van der Waals surface area contributed by atoms with E-state index in [1.807, 2.05) is 19.1 Å². The molecule has 0 fully saturated rings. The van der Waals surface area contributed by atoms with Crippen molar-refractivity contribution in [3.8, 4) is 0 Å². The molecule has 3 rings (SSSR count). The second-order valence-corrected chi connectivity index (χ2v) is 5.66. The minimum atomic E-state index is -0.364. The number of carbonyl (C=O) groups is 1. The number of fused-ring (bicyclic) bond motifs is 1. The third-order valence-electron chi connectivity index (χ3n) is 3.60. The van der Waals surface area contributed by atoms with Crippen LogP contribution in [-0.4, -0.2) is 15.3 Å². The molecule has 0 radical (unpaired) electrons. The van der Waals surface area contributed by atoms with Gasteiger partial charge in [-0.2, -0.15) is 0 Å². The fourth-order valence-electron chi connectivity index (χ4n) is 2.38. The second kappa shape index (κ2) is 5.85. The maximum Gasteiger partial charge on any atom is 0.281 e. The number of amides is 1. The lowest BCUT2D eigenvalue weighted by atomic mass is 10.1. The highest BCUT2D eigenvalue weighted by Crippen LogP contribution is 2.14. The van der Waals surface area contributed by atoms with Crippen molar-refractivity contribution in [1.29, 1.82) is 0 Å². The number of rotatable bonds is 2. The number of halogens is 1. The van der Waals surface area contributed by atoms with Crippen molar-refractivity contribution in [1.82, 2.24) is 9.38 Å². The average molecular weight is 328 g/mol. The molecule has 6 heteroatoms. The molecular formula is C17H14ClN3O2. The van der Waals surface area contributed by atoms with E-state index >= 15 is 0 Å². The Balaban J connectivity index is 2.08. The zero-order valence-corrected chi connectivity index (χ0v) is 13.4. The highest BCUT2D eigenvalue weighted by Gasteiger charge is 2.15. The molecule has 0 atom stereocenters. The fourth-order valence-corrected chi connectivity index (χ4v) is 2.54. The molecule has 0 aliphatic carbocycles. The van der Waals surface area contributed by atoms with Gasteiger partial charge >= 0.3 is 0 Å². The van der Waals surface area contributed by atoms with Crippen LogP contribution in [0.3, 0.4) is 0 Å². The predicted octanol–water partition coefficient (Wildman–Crippen LogP) is 3.22. The Labute approximate surface area is 137 Å². The molecule has 0 bridgehead atoms. The first-order valence-electron chi connectivity index (χ1n) is 7.03. The molecule has 1 aromatic carbocycles. The highest BCUT2D eigenvalue weighted by molar-refractivity contribution is 6.30. The molecule has 0 spiro atoms. The number of anilines is 1. The van der Waals surface area contributed by atoms with Crippen molar-refractivity contribution < 1.29 is 4.79 Å². The number of hydrogen-bond donors (Lipinski definition) is 1. The molecule has 3 aromatic rings. The smallest absolute Gasteiger partial charge is 0.281 e. The zero-order chi connectivity index (χ0) is 16.6. The zero-order valence-electron chi connectivity index (χ0n) is 12.6. The Morgan fingerprint density at radius 1 is 1.17 bits per heavy atom. The van der Waals surface area contributed by atoms with E-state index in [1.165, 1.54) is 10.6 Å². The number of pyridine rings is 1. The van der Waals surface area contributed by atoms with Gasteiger partial charge in [0.25, 0.3) is 11.5 Å². The van der Waals surface area contributed by atoms with E-state index in [-0.39, 0.29) is 17.2 Å². The van der Waals surface area contributed by atoms with Crippen LogP contribution < -0.4 is 10.9 Å². The minimum Gasteiger partial charge on any atom is -0.316 e. The van der Waals surface area contributed by atoms with Gasteiger partial charge in [-0.25, -0.2) is 4.98 Å². The van der Waals surface area contributed by atoms with Crippen LogP contribution in [0.25, 0.3) is 5.65 Å². The molecule has 0 aliphatic heterocycles. The molecule has 2 heterocycles. The third kappa shape index (κ3) is 2.83. The normalized spacial score (nSPS) is 10.7. The Morgan fingerprint density at radius 3 is 2.65 bits per heavy atom. The average Bonchev–Trinajstić information content (AvgIpc) is 2.52.